The maximum Gasteiger partial charge on any atom is 0.192 e. The first-order valence-electron chi connectivity index (χ1n) is 9.44. The Hall–Kier alpha value is -2.73. The van der Waals surface area contributed by atoms with Gasteiger partial charge in [-0.05, 0) is 55.5 Å². The lowest BCUT2D eigenvalue weighted by molar-refractivity contribution is 0.0993. The van der Waals surface area contributed by atoms with Crippen molar-refractivity contribution in [1.82, 2.24) is 19.7 Å². The molecule has 142 valence electrons. The molecule has 28 heavy (non-hydrogen) atoms. The average Bonchev–Trinajstić information content (AvgIpc) is 3.35. The second kappa shape index (κ2) is 8.10. The number of carbonyl (C=O) groups excluding carboxylic acids is 1. The standard InChI is InChI=1S/C22H22N4OS/c1-3-13-26-21(17-9-11-23-12-10-17)24-25-22(26)28-15(2)20(27)19-8-7-16-5-4-6-18(16)14-19/h3,7-12,14-15H,1,4-6,13H2,2H3/t15-/m1/s1. The van der Waals surface area contributed by atoms with Crippen LogP contribution in [0.25, 0.3) is 11.4 Å². The van der Waals surface area contributed by atoms with Crippen LogP contribution in [0, 0.1) is 0 Å². The van der Waals surface area contributed by atoms with Crippen LogP contribution in [0.2, 0.25) is 0 Å². The van der Waals surface area contributed by atoms with Crippen LogP contribution in [0.15, 0.2) is 60.5 Å². The Morgan fingerprint density at radius 3 is 2.79 bits per heavy atom. The number of hydrogen-bond donors (Lipinski definition) is 0. The van der Waals surface area contributed by atoms with Gasteiger partial charge in [0.05, 0.1) is 5.25 Å². The number of pyridine rings is 1. The van der Waals surface area contributed by atoms with Crippen molar-refractivity contribution in [3.05, 3.63) is 72.1 Å². The molecule has 1 atom stereocenters. The molecule has 0 saturated carbocycles. The van der Waals surface area contributed by atoms with Crippen LogP contribution in [-0.4, -0.2) is 30.8 Å². The highest BCUT2D eigenvalue weighted by atomic mass is 32.2. The third-order valence-electron chi connectivity index (χ3n) is 5.00. The van der Waals surface area contributed by atoms with Crippen molar-refractivity contribution >= 4 is 17.5 Å². The summed E-state index contributed by atoms with van der Waals surface area (Å²) in [6, 6.07) is 9.93. The summed E-state index contributed by atoms with van der Waals surface area (Å²) < 4.78 is 1.99. The number of benzene rings is 1. The zero-order valence-electron chi connectivity index (χ0n) is 15.8. The van der Waals surface area contributed by atoms with E-state index in [0.717, 1.165) is 29.8 Å². The van der Waals surface area contributed by atoms with Gasteiger partial charge in [0, 0.05) is 30.1 Å². The van der Waals surface area contributed by atoms with Gasteiger partial charge in [0.2, 0.25) is 0 Å². The summed E-state index contributed by atoms with van der Waals surface area (Å²) in [6.07, 6.45) is 8.65. The molecule has 0 N–H and O–H groups in total. The smallest absolute Gasteiger partial charge is 0.192 e. The van der Waals surface area contributed by atoms with Gasteiger partial charge < -0.3 is 0 Å². The molecule has 5 nitrogen and oxygen atoms in total. The summed E-state index contributed by atoms with van der Waals surface area (Å²) in [7, 11) is 0. The number of aryl methyl sites for hydroxylation is 2. The molecule has 0 spiro atoms. The number of aromatic nitrogens is 4. The molecule has 0 radical (unpaired) electrons. The molecule has 2 aromatic heterocycles. The fraction of sp³-hybridized carbons (Fsp3) is 0.273. The molecule has 1 aromatic carbocycles. The molecule has 0 fully saturated rings. The van der Waals surface area contributed by atoms with Crippen LogP contribution in [0.1, 0.15) is 34.8 Å². The summed E-state index contributed by atoms with van der Waals surface area (Å²) in [5.74, 6) is 0.875. The molecular formula is C22H22N4OS. The van der Waals surface area contributed by atoms with Gasteiger partial charge in [0.25, 0.3) is 0 Å². The number of Topliss-reactive ketones (excluding diaryl/α,β-unsaturated/α-hetero) is 1. The summed E-state index contributed by atoms with van der Waals surface area (Å²) >= 11 is 1.44. The predicted molar refractivity (Wildman–Crippen MR) is 112 cm³/mol. The Morgan fingerprint density at radius 2 is 2.00 bits per heavy atom. The van der Waals surface area contributed by atoms with Crippen molar-refractivity contribution in [2.24, 2.45) is 0 Å². The average molecular weight is 391 g/mol. The molecule has 0 amide bonds. The van der Waals surface area contributed by atoms with Crippen LogP contribution >= 0.6 is 11.8 Å². The van der Waals surface area contributed by atoms with E-state index in [1.165, 1.54) is 29.3 Å². The van der Waals surface area contributed by atoms with Crippen molar-refractivity contribution < 1.29 is 4.79 Å². The van der Waals surface area contributed by atoms with Crippen molar-refractivity contribution in [3.63, 3.8) is 0 Å². The highest BCUT2D eigenvalue weighted by Crippen LogP contribution is 2.29. The largest absolute Gasteiger partial charge is 0.298 e. The Labute approximate surface area is 168 Å². The Balaban J connectivity index is 1.57. The fourth-order valence-corrected chi connectivity index (χ4v) is 4.49. The van der Waals surface area contributed by atoms with E-state index in [1.807, 2.05) is 35.8 Å². The zero-order valence-corrected chi connectivity index (χ0v) is 16.7. The molecule has 0 unspecified atom stereocenters. The summed E-state index contributed by atoms with van der Waals surface area (Å²) in [5.41, 5.74) is 4.42. The monoisotopic (exact) mass is 390 g/mol. The summed E-state index contributed by atoms with van der Waals surface area (Å²) in [4.78, 5) is 17.0. The Kier molecular flexibility index (Phi) is 5.39. The normalized spacial score (nSPS) is 13.9. The van der Waals surface area contributed by atoms with Gasteiger partial charge in [0.15, 0.2) is 16.8 Å². The van der Waals surface area contributed by atoms with E-state index in [0.29, 0.717) is 11.7 Å². The van der Waals surface area contributed by atoms with E-state index in [9.17, 15) is 4.79 Å². The lowest BCUT2D eigenvalue weighted by atomic mass is 10.0. The third kappa shape index (κ3) is 3.64. The maximum atomic E-state index is 13.0. The first-order valence-corrected chi connectivity index (χ1v) is 10.3. The van der Waals surface area contributed by atoms with Gasteiger partial charge in [-0.2, -0.15) is 0 Å². The van der Waals surface area contributed by atoms with Gasteiger partial charge in [0.1, 0.15) is 0 Å². The van der Waals surface area contributed by atoms with E-state index < -0.39 is 0 Å². The zero-order chi connectivity index (χ0) is 19.5. The van der Waals surface area contributed by atoms with Gasteiger partial charge in [-0.15, -0.1) is 16.8 Å². The molecule has 0 aliphatic heterocycles. The van der Waals surface area contributed by atoms with Gasteiger partial charge in [-0.3, -0.25) is 14.3 Å². The number of thioether (sulfide) groups is 1. The quantitative estimate of drug-likeness (QED) is 0.340. The molecule has 1 aliphatic rings. The number of fused-ring (bicyclic) bond motifs is 1. The number of allylic oxidation sites excluding steroid dienone is 1. The van der Waals surface area contributed by atoms with Crippen molar-refractivity contribution in [3.8, 4) is 11.4 Å². The van der Waals surface area contributed by atoms with Crippen LogP contribution in [0.3, 0.4) is 0 Å². The molecule has 4 rings (SSSR count). The maximum absolute atomic E-state index is 13.0. The number of hydrogen-bond acceptors (Lipinski definition) is 5. The lowest BCUT2D eigenvalue weighted by Crippen LogP contribution is -2.15. The Morgan fingerprint density at radius 1 is 1.21 bits per heavy atom. The lowest BCUT2D eigenvalue weighted by Gasteiger charge is -2.12. The SMILES string of the molecule is C=CCn1c(S[C@H](C)C(=O)c2ccc3c(c2)CCC3)nnc1-c1ccncc1. The topological polar surface area (TPSA) is 60.7 Å². The molecule has 6 heteroatoms. The van der Waals surface area contributed by atoms with E-state index in [1.54, 1.807) is 12.4 Å². The summed E-state index contributed by atoms with van der Waals surface area (Å²) in [5, 5.41) is 9.15. The number of carbonyl (C=O) groups is 1. The van der Waals surface area contributed by atoms with Crippen molar-refractivity contribution in [1.29, 1.82) is 0 Å². The van der Waals surface area contributed by atoms with E-state index >= 15 is 0 Å². The first kappa shape index (κ1) is 18.6. The second-order valence-electron chi connectivity index (χ2n) is 6.90. The minimum atomic E-state index is -0.252. The molecule has 1 aliphatic carbocycles. The minimum Gasteiger partial charge on any atom is -0.298 e. The Bertz CT molecular complexity index is 1010. The van der Waals surface area contributed by atoms with E-state index in [4.69, 9.17) is 0 Å². The van der Waals surface area contributed by atoms with Crippen LogP contribution in [0.4, 0.5) is 0 Å². The summed E-state index contributed by atoms with van der Waals surface area (Å²) in [6.45, 7) is 6.35. The molecule has 3 aromatic rings. The number of nitrogens with zero attached hydrogens (tertiary/aromatic N) is 4. The van der Waals surface area contributed by atoms with E-state index in [2.05, 4.69) is 33.9 Å². The van der Waals surface area contributed by atoms with Gasteiger partial charge >= 0.3 is 0 Å². The minimum absolute atomic E-state index is 0.123. The number of ketones is 1. The molecule has 0 bridgehead atoms. The second-order valence-corrected chi connectivity index (χ2v) is 8.21. The third-order valence-corrected chi connectivity index (χ3v) is 6.08. The van der Waals surface area contributed by atoms with Gasteiger partial charge in [-0.25, -0.2) is 0 Å². The number of rotatable bonds is 7. The predicted octanol–water partition coefficient (Wildman–Crippen LogP) is 4.38. The fourth-order valence-electron chi connectivity index (χ4n) is 3.56. The van der Waals surface area contributed by atoms with E-state index in [-0.39, 0.29) is 11.0 Å². The highest BCUT2D eigenvalue weighted by molar-refractivity contribution is 8.00. The molecular weight excluding hydrogens is 368 g/mol. The molecule has 0 saturated heterocycles. The van der Waals surface area contributed by atoms with Crippen molar-refractivity contribution in [2.45, 2.75) is 43.1 Å². The van der Waals surface area contributed by atoms with Crippen LogP contribution in [0.5, 0.6) is 0 Å². The highest BCUT2D eigenvalue weighted by Gasteiger charge is 2.23. The van der Waals surface area contributed by atoms with Gasteiger partial charge in [-0.1, -0.05) is 30.0 Å². The van der Waals surface area contributed by atoms with Crippen molar-refractivity contribution in [2.75, 3.05) is 0 Å². The van der Waals surface area contributed by atoms with Crippen LogP contribution < -0.4 is 0 Å². The first-order chi connectivity index (χ1) is 13.7. The molecule has 2 heterocycles. The van der Waals surface area contributed by atoms with Crippen LogP contribution in [-0.2, 0) is 19.4 Å².